The zero-order valence-electron chi connectivity index (χ0n) is 47.7. The molecule has 2 N–H and O–H groups in total. The number of methoxy groups -OCH3 is 2. The Morgan fingerprint density at radius 3 is 1.53 bits per heavy atom. The third-order valence-electron chi connectivity index (χ3n) is 16.0. The molecule has 76 heavy (non-hydrogen) atoms. The second-order valence-corrected chi connectivity index (χ2v) is 33.2. The highest BCUT2D eigenvalue weighted by Gasteiger charge is 2.42. The van der Waals surface area contributed by atoms with Gasteiger partial charge < -0.3 is 48.1 Å². The standard InChI is InChI=1S/C60H82N4O10Si2/c1-39-29-41(37-72-75(12,13)59(3,4)5)63(35-39)56(65)47-31-51(68-10)53(33-49(47)61)70-27-21-16-22-28-71-54-34-50(62(9)58(67)74-55-45-25-19-17-23-43(45)44-24-18-20-26-46(44)55)48(32-52(54)69-11)57(66)64-36-40(2)30-42(64)38-73-76(14,15)60(6,7)8/h17-20,23-26,31-36,41-42,55H,16,21-22,27-30,37-38,61H2,1-15H3/t41-,42-/m0/s1. The fourth-order valence-corrected chi connectivity index (χ4v) is 11.4. The van der Waals surface area contributed by atoms with E-state index in [2.05, 4.69) is 67.7 Å². The highest BCUT2D eigenvalue weighted by Crippen LogP contribution is 2.47. The molecule has 0 radical (unpaired) electrons. The molecule has 4 aromatic rings. The first-order valence-electron chi connectivity index (χ1n) is 26.6. The van der Waals surface area contributed by atoms with Crippen molar-refractivity contribution >= 4 is 45.9 Å². The first-order chi connectivity index (χ1) is 35.8. The van der Waals surface area contributed by atoms with Gasteiger partial charge in [0.05, 0.1) is 69.5 Å². The second kappa shape index (κ2) is 23.3. The number of benzene rings is 4. The molecular weight excluding hydrogens is 993 g/mol. The molecule has 0 aromatic heterocycles. The minimum atomic E-state index is -2.14. The number of nitrogen functional groups attached to an aromatic ring is 1. The van der Waals surface area contributed by atoms with Gasteiger partial charge in [0.2, 0.25) is 0 Å². The summed E-state index contributed by atoms with van der Waals surface area (Å²) < 4.78 is 43.8. The maximum Gasteiger partial charge on any atom is 0.414 e. The number of amides is 3. The van der Waals surface area contributed by atoms with Crippen molar-refractivity contribution in [2.75, 3.05) is 58.3 Å². The first-order valence-corrected chi connectivity index (χ1v) is 32.4. The average Bonchev–Trinajstić information content (AvgIpc) is 4.07. The molecular formula is C60H82N4O10Si2. The van der Waals surface area contributed by atoms with E-state index in [-0.39, 0.29) is 39.5 Å². The fraction of sp³-hybridized carbons (Fsp3) is 0.483. The van der Waals surface area contributed by atoms with E-state index in [9.17, 15) is 14.4 Å². The predicted molar refractivity (Wildman–Crippen MR) is 307 cm³/mol. The summed E-state index contributed by atoms with van der Waals surface area (Å²) in [6, 6.07) is 22.2. The van der Waals surface area contributed by atoms with Gasteiger partial charge in [0.15, 0.2) is 45.7 Å². The largest absolute Gasteiger partial charge is 0.493 e. The summed E-state index contributed by atoms with van der Waals surface area (Å²) in [6.45, 7) is 27.6. The predicted octanol–water partition coefficient (Wildman–Crippen LogP) is 13.5. The summed E-state index contributed by atoms with van der Waals surface area (Å²) >= 11 is 0. The summed E-state index contributed by atoms with van der Waals surface area (Å²) in [6.07, 6.45) is 5.98. The van der Waals surface area contributed by atoms with E-state index in [0.29, 0.717) is 85.6 Å². The van der Waals surface area contributed by atoms with Crippen LogP contribution in [0.5, 0.6) is 23.0 Å². The van der Waals surface area contributed by atoms with Gasteiger partial charge in [0.1, 0.15) is 0 Å². The van der Waals surface area contributed by atoms with E-state index in [4.69, 9.17) is 38.3 Å². The number of hydrogen-bond donors (Lipinski definition) is 1. The van der Waals surface area contributed by atoms with Crippen LogP contribution in [-0.4, -0.2) is 104 Å². The van der Waals surface area contributed by atoms with E-state index in [1.165, 1.54) is 12.0 Å². The van der Waals surface area contributed by atoms with Crippen molar-refractivity contribution in [1.29, 1.82) is 0 Å². The van der Waals surface area contributed by atoms with E-state index >= 15 is 0 Å². The van der Waals surface area contributed by atoms with Gasteiger partial charge in [-0.25, -0.2) is 4.79 Å². The van der Waals surface area contributed by atoms with Crippen LogP contribution in [0, 0.1) is 0 Å². The third-order valence-corrected chi connectivity index (χ3v) is 25.0. The quantitative estimate of drug-likeness (QED) is 0.0511. The van der Waals surface area contributed by atoms with Gasteiger partial charge in [-0.2, -0.15) is 0 Å². The minimum Gasteiger partial charge on any atom is -0.493 e. The summed E-state index contributed by atoms with van der Waals surface area (Å²) in [7, 11) is 0.521. The number of hydrogen-bond acceptors (Lipinski definition) is 11. The van der Waals surface area contributed by atoms with Crippen LogP contribution in [-0.2, 0) is 13.6 Å². The Kier molecular flexibility index (Phi) is 17.6. The number of nitrogens with two attached hydrogens (primary N) is 1. The number of anilines is 2. The van der Waals surface area contributed by atoms with Crippen molar-refractivity contribution in [3.05, 3.63) is 119 Å². The van der Waals surface area contributed by atoms with Crippen molar-refractivity contribution in [3.8, 4) is 34.1 Å². The van der Waals surface area contributed by atoms with Crippen LogP contribution in [0.25, 0.3) is 11.1 Å². The number of nitrogens with zero attached hydrogens (tertiary/aromatic N) is 3. The number of ether oxygens (including phenoxy) is 5. The number of rotatable bonds is 20. The van der Waals surface area contributed by atoms with Gasteiger partial charge in [-0.05, 0) is 105 Å². The van der Waals surface area contributed by atoms with Crippen molar-refractivity contribution in [2.24, 2.45) is 0 Å². The number of carbonyl (C=O) groups excluding carboxylic acids is 3. The van der Waals surface area contributed by atoms with Gasteiger partial charge in [-0.15, -0.1) is 0 Å². The summed E-state index contributed by atoms with van der Waals surface area (Å²) in [5, 5.41) is 0.0429. The van der Waals surface area contributed by atoms with E-state index in [1.807, 2.05) is 74.8 Å². The molecule has 16 heteroatoms. The first kappa shape index (κ1) is 57.6. The highest BCUT2D eigenvalue weighted by molar-refractivity contribution is 6.74. The van der Waals surface area contributed by atoms with Crippen molar-refractivity contribution in [3.63, 3.8) is 0 Å². The Hall–Kier alpha value is -6.08. The summed E-state index contributed by atoms with van der Waals surface area (Å²) in [5.74, 6) is 1.07. The lowest BCUT2D eigenvalue weighted by Crippen LogP contribution is -2.45. The topological polar surface area (TPSA) is 152 Å². The molecule has 2 heterocycles. The maximum absolute atomic E-state index is 15.0. The summed E-state index contributed by atoms with van der Waals surface area (Å²) in [5.41, 5.74) is 13.7. The Morgan fingerprint density at radius 2 is 1.07 bits per heavy atom. The molecule has 0 spiro atoms. The third kappa shape index (κ3) is 12.5. The molecule has 0 saturated carbocycles. The van der Waals surface area contributed by atoms with E-state index in [0.717, 1.165) is 46.2 Å². The molecule has 3 aliphatic rings. The lowest BCUT2D eigenvalue weighted by atomic mass is 10.1. The molecule has 410 valence electrons. The average molecular weight is 1080 g/mol. The second-order valence-electron chi connectivity index (χ2n) is 23.6. The molecule has 7 rings (SSSR count). The number of fused-ring (bicyclic) bond motifs is 3. The van der Waals surface area contributed by atoms with E-state index in [1.54, 1.807) is 48.2 Å². The van der Waals surface area contributed by atoms with Gasteiger partial charge in [0.25, 0.3) is 11.8 Å². The van der Waals surface area contributed by atoms with Crippen LogP contribution in [0.4, 0.5) is 16.2 Å². The van der Waals surface area contributed by atoms with Crippen molar-refractivity contribution < 1.29 is 46.9 Å². The minimum absolute atomic E-state index is 0.00608. The van der Waals surface area contributed by atoms with Gasteiger partial charge in [-0.1, -0.05) is 101 Å². The molecule has 2 aliphatic heterocycles. The lowest BCUT2D eigenvalue weighted by Gasteiger charge is -2.38. The SMILES string of the molecule is COc1cc(C(=O)N2C=C(C)C[C@H]2CO[Si](C)(C)C(C)(C)C)c(N)cc1OCCCCCOc1cc(N(C)C(=O)OC2c3ccccc3-c3ccccc32)c(C(=O)N2C=C(C)C[C@H]2CO[Si](C)(C)C(C)(C)C)cc1OC. The number of carbonyl (C=O) groups is 3. The van der Waals surface area contributed by atoms with Gasteiger partial charge in [0, 0.05) is 48.4 Å². The Bertz CT molecular complexity index is 2800. The summed E-state index contributed by atoms with van der Waals surface area (Å²) in [4.78, 5) is 48.3. The van der Waals surface area contributed by atoms with Gasteiger partial charge >= 0.3 is 6.09 Å². The van der Waals surface area contributed by atoms with Crippen LogP contribution in [0.3, 0.4) is 0 Å². The molecule has 2 atom stereocenters. The van der Waals surface area contributed by atoms with Gasteiger partial charge in [-0.3, -0.25) is 14.5 Å². The molecule has 14 nitrogen and oxygen atoms in total. The lowest BCUT2D eigenvalue weighted by molar-refractivity contribution is 0.0731. The zero-order valence-corrected chi connectivity index (χ0v) is 49.7. The van der Waals surface area contributed by atoms with Crippen LogP contribution in [0.1, 0.15) is 125 Å². The van der Waals surface area contributed by atoms with Crippen LogP contribution < -0.4 is 29.6 Å². The smallest absolute Gasteiger partial charge is 0.414 e. The number of unbranched alkanes of at least 4 members (excludes halogenated alkanes) is 2. The molecule has 0 fully saturated rings. The molecule has 3 amide bonds. The molecule has 4 aromatic carbocycles. The normalized spacial score (nSPS) is 16.7. The zero-order chi connectivity index (χ0) is 55.5. The Balaban J connectivity index is 1.03. The molecule has 1 aliphatic carbocycles. The molecule has 0 saturated heterocycles. The fourth-order valence-electron chi connectivity index (χ4n) is 9.34. The van der Waals surface area contributed by atoms with Crippen molar-refractivity contribution in [2.45, 2.75) is 142 Å². The molecule has 0 unspecified atom stereocenters. The van der Waals surface area contributed by atoms with Crippen molar-refractivity contribution in [1.82, 2.24) is 9.80 Å². The highest BCUT2D eigenvalue weighted by atomic mass is 28.4. The van der Waals surface area contributed by atoms with Crippen LogP contribution in [0.2, 0.25) is 36.3 Å². The maximum atomic E-state index is 15.0. The Labute approximate surface area is 453 Å². The van der Waals surface area contributed by atoms with E-state index < -0.39 is 28.8 Å². The van der Waals surface area contributed by atoms with Crippen LogP contribution >= 0.6 is 0 Å². The Morgan fingerprint density at radius 1 is 0.632 bits per heavy atom. The monoisotopic (exact) mass is 1070 g/mol. The van der Waals surface area contributed by atoms with Crippen LogP contribution in [0.15, 0.2) is 96.3 Å². The molecule has 0 bridgehead atoms.